The van der Waals surface area contributed by atoms with Gasteiger partial charge in [0.25, 0.3) is 5.91 Å². The Morgan fingerprint density at radius 2 is 2.08 bits per heavy atom. The van der Waals surface area contributed by atoms with E-state index in [1.807, 2.05) is 23.1 Å². The number of carbonyl (C=O) groups is 1. The van der Waals surface area contributed by atoms with E-state index in [0.29, 0.717) is 0 Å². The monoisotopic (exact) mass is 358 g/mol. The molecular formula is C20H26N2O2S. The van der Waals surface area contributed by atoms with Crippen LogP contribution in [0.1, 0.15) is 43.4 Å². The fourth-order valence-corrected chi connectivity index (χ4v) is 3.87. The molecule has 2 heterocycles. The van der Waals surface area contributed by atoms with Gasteiger partial charge in [0.2, 0.25) is 0 Å². The number of amides is 1. The van der Waals surface area contributed by atoms with E-state index in [1.165, 1.54) is 5.56 Å². The van der Waals surface area contributed by atoms with Gasteiger partial charge in [0, 0.05) is 31.2 Å². The number of rotatable bonds is 8. The SMILES string of the molecule is CCC(NCc1ccsc1)c1ccccc1OCC(=O)N1CCCC1. The molecule has 134 valence electrons. The predicted molar refractivity (Wildman–Crippen MR) is 102 cm³/mol. The van der Waals surface area contributed by atoms with Gasteiger partial charge in [-0.1, -0.05) is 25.1 Å². The predicted octanol–water partition coefficient (Wildman–Crippen LogP) is 3.99. The van der Waals surface area contributed by atoms with Gasteiger partial charge in [-0.15, -0.1) is 0 Å². The lowest BCUT2D eigenvalue weighted by Crippen LogP contribution is -2.32. The van der Waals surface area contributed by atoms with Crippen LogP contribution in [-0.4, -0.2) is 30.5 Å². The second-order valence-corrected chi connectivity index (χ2v) is 7.17. The van der Waals surface area contributed by atoms with Crippen LogP contribution in [0, 0.1) is 0 Å². The molecule has 1 saturated heterocycles. The van der Waals surface area contributed by atoms with E-state index < -0.39 is 0 Å². The summed E-state index contributed by atoms with van der Waals surface area (Å²) in [4.78, 5) is 14.1. The van der Waals surface area contributed by atoms with Crippen LogP contribution in [0.2, 0.25) is 0 Å². The molecule has 1 unspecified atom stereocenters. The standard InChI is InChI=1S/C20H26N2O2S/c1-2-18(21-13-16-9-12-25-15-16)17-7-3-4-8-19(17)24-14-20(23)22-10-5-6-11-22/h3-4,7-9,12,15,18,21H,2,5-6,10-11,13-14H2,1H3. The molecule has 1 aromatic heterocycles. The van der Waals surface area contributed by atoms with Crippen molar-refractivity contribution in [3.63, 3.8) is 0 Å². The highest BCUT2D eigenvalue weighted by Crippen LogP contribution is 2.27. The summed E-state index contributed by atoms with van der Waals surface area (Å²) >= 11 is 1.71. The van der Waals surface area contributed by atoms with Crippen LogP contribution in [-0.2, 0) is 11.3 Å². The quantitative estimate of drug-likeness (QED) is 0.776. The third-order valence-corrected chi connectivity index (χ3v) is 5.38. The van der Waals surface area contributed by atoms with Crippen molar-refractivity contribution < 1.29 is 9.53 Å². The minimum Gasteiger partial charge on any atom is -0.483 e. The van der Waals surface area contributed by atoms with Crippen LogP contribution in [0.3, 0.4) is 0 Å². The van der Waals surface area contributed by atoms with Crippen LogP contribution in [0.4, 0.5) is 0 Å². The maximum absolute atomic E-state index is 12.2. The van der Waals surface area contributed by atoms with E-state index in [-0.39, 0.29) is 18.6 Å². The first kappa shape index (κ1) is 18.0. The number of hydrogen-bond acceptors (Lipinski definition) is 4. The van der Waals surface area contributed by atoms with E-state index in [4.69, 9.17) is 4.74 Å². The zero-order chi connectivity index (χ0) is 17.5. The second-order valence-electron chi connectivity index (χ2n) is 6.39. The number of thiophene rings is 1. The third-order valence-electron chi connectivity index (χ3n) is 4.65. The summed E-state index contributed by atoms with van der Waals surface area (Å²) < 4.78 is 5.90. The number of ether oxygens (including phenoxy) is 1. The third kappa shape index (κ3) is 4.83. The van der Waals surface area contributed by atoms with Crippen molar-refractivity contribution in [2.45, 2.75) is 38.8 Å². The van der Waals surface area contributed by atoms with Crippen molar-refractivity contribution in [3.8, 4) is 5.75 Å². The number of benzene rings is 1. The van der Waals surface area contributed by atoms with Gasteiger partial charge in [-0.2, -0.15) is 11.3 Å². The fourth-order valence-electron chi connectivity index (χ4n) is 3.21. The summed E-state index contributed by atoms with van der Waals surface area (Å²) in [5, 5.41) is 7.86. The van der Waals surface area contributed by atoms with E-state index in [2.05, 4.69) is 35.1 Å². The molecule has 0 aliphatic carbocycles. The molecule has 5 heteroatoms. The second kappa shape index (κ2) is 9.02. The molecule has 2 aromatic rings. The molecule has 4 nitrogen and oxygen atoms in total. The average Bonchev–Trinajstić information content (AvgIpc) is 3.35. The molecule has 1 aliphatic rings. The van der Waals surface area contributed by atoms with Crippen molar-refractivity contribution in [2.24, 2.45) is 0 Å². The summed E-state index contributed by atoms with van der Waals surface area (Å²) in [7, 11) is 0. The topological polar surface area (TPSA) is 41.6 Å². The molecule has 1 atom stereocenters. The zero-order valence-corrected chi connectivity index (χ0v) is 15.6. The number of nitrogens with zero attached hydrogens (tertiary/aromatic N) is 1. The molecule has 25 heavy (non-hydrogen) atoms. The Hall–Kier alpha value is -1.85. The van der Waals surface area contributed by atoms with Gasteiger partial charge in [0.05, 0.1) is 0 Å². The van der Waals surface area contributed by atoms with Crippen LogP contribution in [0.15, 0.2) is 41.1 Å². The highest BCUT2D eigenvalue weighted by molar-refractivity contribution is 7.07. The van der Waals surface area contributed by atoms with Crippen molar-refractivity contribution in [3.05, 3.63) is 52.2 Å². The summed E-state index contributed by atoms with van der Waals surface area (Å²) in [5.41, 5.74) is 2.42. The first-order chi connectivity index (χ1) is 12.3. The van der Waals surface area contributed by atoms with Gasteiger partial charge in [0.1, 0.15) is 5.75 Å². The van der Waals surface area contributed by atoms with Crippen molar-refractivity contribution in [1.29, 1.82) is 0 Å². The Labute approximate surface area is 153 Å². The maximum atomic E-state index is 12.2. The zero-order valence-electron chi connectivity index (χ0n) is 14.7. The van der Waals surface area contributed by atoms with Crippen LogP contribution in [0.25, 0.3) is 0 Å². The molecule has 1 N–H and O–H groups in total. The largest absolute Gasteiger partial charge is 0.483 e. The fraction of sp³-hybridized carbons (Fsp3) is 0.450. The molecule has 0 saturated carbocycles. The number of likely N-dealkylation sites (tertiary alicyclic amines) is 1. The summed E-state index contributed by atoms with van der Waals surface area (Å²) in [6.45, 7) is 4.85. The number of hydrogen-bond donors (Lipinski definition) is 1. The molecule has 0 bridgehead atoms. The van der Waals surface area contributed by atoms with Crippen molar-refractivity contribution in [1.82, 2.24) is 10.2 Å². The smallest absolute Gasteiger partial charge is 0.260 e. The van der Waals surface area contributed by atoms with Gasteiger partial charge >= 0.3 is 0 Å². The molecule has 1 amide bonds. The lowest BCUT2D eigenvalue weighted by atomic mass is 10.0. The van der Waals surface area contributed by atoms with Crippen LogP contribution >= 0.6 is 11.3 Å². The highest BCUT2D eigenvalue weighted by Gasteiger charge is 2.20. The van der Waals surface area contributed by atoms with Crippen LogP contribution < -0.4 is 10.1 Å². The van der Waals surface area contributed by atoms with Gasteiger partial charge in [0.15, 0.2) is 6.61 Å². The van der Waals surface area contributed by atoms with E-state index in [0.717, 1.165) is 50.2 Å². The molecule has 1 aromatic carbocycles. The lowest BCUT2D eigenvalue weighted by Gasteiger charge is -2.21. The van der Waals surface area contributed by atoms with E-state index in [9.17, 15) is 4.79 Å². The first-order valence-electron chi connectivity index (χ1n) is 9.02. The Kier molecular flexibility index (Phi) is 6.48. The summed E-state index contributed by atoms with van der Waals surface area (Å²) in [5.74, 6) is 0.895. The Bertz CT molecular complexity index is 666. The highest BCUT2D eigenvalue weighted by atomic mass is 32.1. The number of nitrogens with one attached hydrogen (secondary N) is 1. The van der Waals surface area contributed by atoms with E-state index >= 15 is 0 Å². The minimum absolute atomic E-state index is 0.0894. The van der Waals surface area contributed by atoms with Gasteiger partial charge in [-0.3, -0.25) is 4.79 Å². The summed E-state index contributed by atoms with van der Waals surface area (Å²) in [6.07, 6.45) is 3.17. The normalized spacial score (nSPS) is 15.3. The van der Waals surface area contributed by atoms with E-state index in [1.54, 1.807) is 11.3 Å². The van der Waals surface area contributed by atoms with Gasteiger partial charge in [-0.05, 0) is 47.7 Å². The first-order valence-corrected chi connectivity index (χ1v) is 9.96. The summed E-state index contributed by atoms with van der Waals surface area (Å²) in [6, 6.07) is 10.4. The molecule has 1 aliphatic heterocycles. The molecule has 0 radical (unpaired) electrons. The Morgan fingerprint density at radius 1 is 1.28 bits per heavy atom. The van der Waals surface area contributed by atoms with Gasteiger partial charge in [-0.25, -0.2) is 0 Å². The Morgan fingerprint density at radius 3 is 2.80 bits per heavy atom. The van der Waals surface area contributed by atoms with Crippen molar-refractivity contribution in [2.75, 3.05) is 19.7 Å². The average molecular weight is 359 g/mol. The molecule has 3 rings (SSSR count). The lowest BCUT2D eigenvalue weighted by molar-refractivity contribution is -0.132. The van der Waals surface area contributed by atoms with Crippen LogP contribution in [0.5, 0.6) is 5.75 Å². The number of para-hydroxylation sites is 1. The maximum Gasteiger partial charge on any atom is 0.260 e. The molecular weight excluding hydrogens is 332 g/mol. The minimum atomic E-state index is 0.0894. The molecule has 1 fully saturated rings. The van der Waals surface area contributed by atoms with Gasteiger partial charge < -0.3 is 15.0 Å². The molecule has 0 spiro atoms. The Balaban J connectivity index is 1.62. The number of carbonyl (C=O) groups excluding carboxylic acids is 1. The van der Waals surface area contributed by atoms with Crippen molar-refractivity contribution >= 4 is 17.2 Å².